The van der Waals surface area contributed by atoms with Gasteiger partial charge in [-0.3, -0.25) is 4.79 Å². The fourth-order valence-corrected chi connectivity index (χ4v) is 1.46. The summed E-state index contributed by atoms with van der Waals surface area (Å²) in [6.07, 6.45) is 0. The Balaban J connectivity index is 3.13. The minimum atomic E-state index is -0.208. The summed E-state index contributed by atoms with van der Waals surface area (Å²) in [5.74, 6) is -0.00250. The number of halogens is 1. The number of carbonyl (C=O) groups is 1. The van der Waals surface area contributed by atoms with E-state index in [4.69, 9.17) is 5.73 Å². The van der Waals surface area contributed by atoms with Gasteiger partial charge in [-0.15, -0.1) is 12.6 Å². The standard InChI is InChI=1S/C9H10BrNOS/c1-5(10)9(12)7-4-6(11)2-3-8(7)13/h2-5,13H,11H2,1H3. The molecule has 0 aliphatic carbocycles. The van der Waals surface area contributed by atoms with E-state index in [0.717, 1.165) is 0 Å². The molecule has 1 rings (SSSR count). The number of benzene rings is 1. The van der Waals surface area contributed by atoms with Crippen LogP contribution in [0.15, 0.2) is 23.1 Å². The highest BCUT2D eigenvalue weighted by Crippen LogP contribution is 2.20. The summed E-state index contributed by atoms with van der Waals surface area (Å²) < 4.78 is 0. The number of nitrogens with two attached hydrogens (primary N) is 1. The molecule has 4 heteroatoms. The van der Waals surface area contributed by atoms with Crippen LogP contribution in [0.4, 0.5) is 5.69 Å². The van der Waals surface area contributed by atoms with Gasteiger partial charge >= 0.3 is 0 Å². The summed E-state index contributed by atoms with van der Waals surface area (Å²) in [7, 11) is 0. The van der Waals surface area contributed by atoms with E-state index in [1.165, 1.54) is 0 Å². The molecule has 2 N–H and O–H groups in total. The monoisotopic (exact) mass is 259 g/mol. The molecule has 0 radical (unpaired) electrons. The fourth-order valence-electron chi connectivity index (χ4n) is 0.965. The molecule has 1 atom stereocenters. The van der Waals surface area contributed by atoms with Crippen molar-refractivity contribution in [3.63, 3.8) is 0 Å². The maximum absolute atomic E-state index is 11.6. The van der Waals surface area contributed by atoms with E-state index >= 15 is 0 Å². The van der Waals surface area contributed by atoms with E-state index in [2.05, 4.69) is 28.6 Å². The lowest BCUT2D eigenvalue weighted by Gasteiger charge is -2.06. The Hall–Kier alpha value is -0.480. The van der Waals surface area contributed by atoms with Crippen molar-refractivity contribution in [1.82, 2.24) is 0 Å². The number of nitrogen functional groups attached to an aromatic ring is 1. The summed E-state index contributed by atoms with van der Waals surface area (Å²) in [5.41, 5.74) is 6.70. The molecule has 13 heavy (non-hydrogen) atoms. The summed E-state index contributed by atoms with van der Waals surface area (Å²) in [4.78, 5) is 12.0. The number of anilines is 1. The molecule has 0 spiro atoms. The van der Waals surface area contributed by atoms with Crippen LogP contribution in [0.25, 0.3) is 0 Å². The third-order valence-electron chi connectivity index (χ3n) is 1.65. The molecule has 0 heterocycles. The molecule has 1 aromatic carbocycles. The number of alkyl halides is 1. The summed E-state index contributed by atoms with van der Waals surface area (Å²) in [6, 6.07) is 5.08. The number of ketones is 1. The first-order valence-electron chi connectivity index (χ1n) is 3.79. The average Bonchev–Trinajstić information content (AvgIpc) is 2.08. The molecule has 2 nitrogen and oxygen atoms in total. The Morgan fingerprint density at radius 2 is 2.23 bits per heavy atom. The highest BCUT2D eigenvalue weighted by Gasteiger charge is 2.14. The van der Waals surface area contributed by atoms with Crippen molar-refractivity contribution < 1.29 is 4.79 Å². The Morgan fingerprint density at radius 3 is 2.77 bits per heavy atom. The minimum absolute atomic E-state index is 0.00250. The molecule has 1 unspecified atom stereocenters. The first-order valence-corrected chi connectivity index (χ1v) is 5.15. The van der Waals surface area contributed by atoms with E-state index in [1.807, 2.05) is 0 Å². The molecule has 0 aromatic heterocycles. The molecule has 0 fully saturated rings. The maximum Gasteiger partial charge on any atom is 0.177 e. The van der Waals surface area contributed by atoms with Gasteiger partial charge in [0.2, 0.25) is 0 Å². The lowest BCUT2D eigenvalue weighted by atomic mass is 10.1. The largest absolute Gasteiger partial charge is 0.399 e. The Morgan fingerprint density at radius 1 is 1.62 bits per heavy atom. The molecular formula is C9H10BrNOS. The smallest absolute Gasteiger partial charge is 0.177 e. The fraction of sp³-hybridized carbons (Fsp3) is 0.222. The minimum Gasteiger partial charge on any atom is -0.399 e. The number of Topliss-reactive ketones (excluding diaryl/α,β-unsaturated/α-hetero) is 1. The number of hydrogen-bond acceptors (Lipinski definition) is 3. The van der Waals surface area contributed by atoms with Crippen molar-refractivity contribution in [3.05, 3.63) is 23.8 Å². The predicted octanol–water partition coefficient (Wildman–Crippen LogP) is 2.52. The average molecular weight is 260 g/mol. The van der Waals surface area contributed by atoms with Crippen molar-refractivity contribution in [1.29, 1.82) is 0 Å². The van der Waals surface area contributed by atoms with Crippen LogP contribution in [0.3, 0.4) is 0 Å². The van der Waals surface area contributed by atoms with Crippen molar-refractivity contribution in [2.45, 2.75) is 16.6 Å². The van der Waals surface area contributed by atoms with Gasteiger partial charge < -0.3 is 5.73 Å². The predicted molar refractivity (Wildman–Crippen MR) is 60.8 cm³/mol. The van der Waals surface area contributed by atoms with Gasteiger partial charge in [0.05, 0.1) is 4.83 Å². The molecule has 70 valence electrons. The van der Waals surface area contributed by atoms with Gasteiger partial charge in [0.1, 0.15) is 0 Å². The number of hydrogen-bond donors (Lipinski definition) is 2. The van der Waals surface area contributed by atoms with Crippen LogP contribution in [-0.4, -0.2) is 10.6 Å². The van der Waals surface area contributed by atoms with E-state index in [0.29, 0.717) is 16.1 Å². The van der Waals surface area contributed by atoms with Crippen molar-refractivity contribution in [3.8, 4) is 0 Å². The van der Waals surface area contributed by atoms with Crippen LogP contribution in [-0.2, 0) is 0 Å². The van der Waals surface area contributed by atoms with Crippen LogP contribution < -0.4 is 5.73 Å². The van der Waals surface area contributed by atoms with Crippen LogP contribution in [0.2, 0.25) is 0 Å². The molecule has 0 amide bonds. The SMILES string of the molecule is CC(Br)C(=O)c1cc(N)ccc1S. The number of thiol groups is 1. The van der Waals surface area contributed by atoms with Gasteiger partial charge in [-0.25, -0.2) is 0 Å². The molecule has 0 aliphatic heterocycles. The second kappa shape index (κ2) is 4.15. The topological polar surface area (TPSA) is 43.1 Å². The van der Waals surface area contributed by atoms with Gasteiger partial charge in [0.25, 0.3) is 0 Å². The van der Waals surface area contributed by atoms with E-state index in [1.54, 1.807) is 25.1 Å². The van der Waals surface area contributed by atoms with Crippen molar-refractivity contribution >= 4 is 40.0 Å². The van der Waals surface area contributed by atoms with Gasteiger partial charge in [-0.05, 0) is 25.1 Å². The normalized spacial score (nSPS) is 12.5. The van der Waals surface area contributed by atoms with E-state index in [9.17, 15) is 4.79 Å². The zero-order valence-electron chi connectivity index (χ0n) is 7.12. The molecule has 0 bridgehead atoms. The van der Waals surface area contributed by atoms with Crippen LogP contribution >= 0.6 is 28.6 Å². The lowest BCUT2D eigenvalue weighted by molar-refractivity contribution is 0.0993. The Labute approximate surface area is 91.1 Å². The Kier molecular flexibility index (Phi) is 3.39. The highest BCUT2D eigenvalue weighted by molar-refractivity contribution is 9.10. The van der Waals surface area contributed by atoms with Gasteiger partial charge in [0, 0.05) is 16.1 Å². The third-order valence-corrected chi connectivity index (χ3v) is 2.45. The number of rotatable bonds is 2. The molecular weight excluding hydrogens is 250 g/mol. The molecule has 1 aromatic rings. The highest BCUT2D eigenvalue weighted by atomic mass is 79.9. The molecule has 0 saturated heterocycles. The molecule has 0 saturated carbocycles. The summed E-state index contributed by atoms with van der Waals surface area (Å²) in [5, 5.41) is 0. The van der Waals surface area contributed by atoms with Crippen LogP contribution in [0.1, 0.15) is 17.3 Å². The maximum atomic E-state index is 11.6. The van der Waals surface area contributed by atoms with Gasteiger partial charge in [-0.1, -0.05) is 15.9 Å². The van der Waals surface area contributed by atoms with Gasteiger partial charge in [0.15, 0.2) is 5.78 Å². The van der Waals surface area contributed by atoms with Crippen LogP contribution in [0.5, 0.6) is 0 Å². The summed E-state index contributed by atoms with van der Waals surface area (Å²) in [6.45, 7) is 1.78. The third kappa shape index (κ3) is 2.48. The zero-order valence-corrected chi connectivity index (χ0v) is 9.60. The van der Waals surface area contributed by atoms with E-state index < -0.39 is 0 Å². The zero-order chi connectivity index (χ0) is 10.0. The summed E-state index contributed by atoms with van der Waals surface area (Å²) >= 11 is 7.39. The second-order valence-corrected chi connectivity index (χ2v) is 4.61. The van der Waals surface area contributed by atoms with Gasteiger partial charge in [-0.2, -0.15) is 0 Å². The van der Waals surface area contributed by atoms with E-state index in [-0.39, 0.29) is 10.6 Å². The Bertz CT molecular complexity index is 338. The van der Waals surface area contributed by atoms with Crippen molar-refractivity contribution in [2.24, 2.45) is 0 Å². The number of carbonyl (C=O) groups excluding carboxylic acids is 1. The lowest BCUT2D eigenvalue weighted by Crippen LogP contribution is -2.11. The van der Waals surface area contributed by atoms with Crippen LogP contribution in [0, 0.1) is 0 Å². The second-order valence-electron chi connectivity index (χ2n) is 2.76. The van der Waals surface area contributed by atoms with Crippen molar-refractivity contribution in [2.75, 3.05) is 5.73 Å². The first kappa shape index (κ1) is 10.6. The molecule has 0 aliphatic rings. The quantitative estimate of drug-likeness (QED) is 0.371. The first-order chi connectivity index (χ1) is 6.02.